The first kappa shape index (κ1) is 19.0. The Morgan fingerprint density at radius 3 is 2.61 bits per heavy atom. The first-order valence-electron chi connectivity index (χ1n) is 8.89. The maximum Gasteiger partial charge on any atom is 0.190 e. The average molecular weight is 429 g/mol. The predicted molar refractivity (Wildman–Crippen MR) is 116 cm³/mol. The molecule has 4 aromatic rings. The van der Waals surface area contributed by atoms with Crippen LogP contribution in [-0.4, -0.2) is 14.1 Å². The van der Waals surface area contributed by atoms with Crippen LogP contribution in [0.4, 0.5) is 5.69 Å². The van der Waals surface area contributed by atoms with Crippen molar-refractivity contribution >= 4 is 40.2 Å². The molecule has 28 heavy (non-hydrogen) atoms. The molecule has 0 N–H and O–H groups in total. The summed E-state index contributed by atoms with van der Waals surface area (Å²) >= 11 is 13.8. The highest BCUT2D eigenvalue weighted by Crippen LogP contribution is 2.24. The quantitative estimate of drug-likeness (QED) is 0.368. The van der Waals surface area contributed by atoms with E-state index < -0.39 is 0 Å². The highest BCUT2D eigenvalue weighted by molar-refractivity contribution is 7.07. The molecule has 0 aliphatic heterocycles. The Morgan fingerprint density at radius 1 is 1.00 bits per heavy atom. The molecule has 142 valence electrons. The highest BCUT2D eigenvalue weighted by atomic mass is 35.5. The van der Waals surface area contributed by atoms with Crippen molar-refractivity contribution in [2.75, 3.05) is 0 Å². The summed E-state index contributed by atoms with van der Waals surface area (Å²) in [6.45, 7) is 1.75. The number of aryl methyl sites for hydroxylation is 1. The summed E-state index contributed by atoms with van der Waals surface area (Å²) in [5, 5.41) is 3.56. The van der Waals surface area contributed by atoms with Crippen LogP contribution in [0.1, 0.15) is 6.42 Å². The van der Waals surface area contributed by atoms with E-state index in [1.165, 1.54) is 0 Å². The average Bonchev–Trinajstić information content (AvgIpc) is 3.33. The minimum atomic E-state index is 0.683. The third-order valence-electron chi connectivity index (χ3n) is 4.33. The summed E-state index contributed by atoms with van der Waals surface area (Å²) in [6.07, 6.45) is 6.60. The standard InChI is InChI=1S/C21H18Cl2N4S/c22-17-7-5-16(6-8-17)20-14-28-21(25-19-4-1-3-18(23)13-19)27(20)11-2-10-26-12-9-24-15-26/h1,3-9,12-15H,2,10-11H2. The summed E-state index contributed by atoms with van der Waals surface area (Å²) in [5.74, 6) is 0. The number of hydrogen-bond donors (Lipinski definition) is 0. The summed E-state index contributed by atoms with van der Waals surface area (Å²) in [5.41, 5.74) is 3.10. The van der Waals surface area contributed by atoms with Crippen molar-refractivity contribution in [2.24, 2.45) is 4.99 Å². The number of rotatable bonds is 6. The molecule has 2 aromatic carbocycles. The van der Waals surface area contributed by atoms with Gasteiger partial charge in [-0.05, 0) is 42.3 Å². The molecule has 0 atom stereocenters. The first-order valence-corrected chi connectivity index (χ1v) is 10.5. The number of nitrogens with zero attached hydrogens (tertiary/aromatic N) is 4. The van der Waals surface area contributed by atoms with Gasteiger partial charge in [-0.25, -0.2) is 9.98 Å². The SMILES string of the molecule is Clc1ccc(-c2csc(=Nc3cccc(Cl)c3)n2CCCn2ccnc2)cc1. The van der Waals surface area contributed by atoms with Crippen LogP contribution < -0.4 is 4.80 Å². The van der Waals surface area contributed by atoms with E-state index in [0.717, 1.165) is 46.3 Å². The lowest BCUT2D eigenvalue weighted by atomic mass is 10.2. The molecule has 0 radical (unpaired) electrons. The second kappa shape index (κ2) is 8.78. The van der Waals surface area contributed by atoms with E-state index in [9.17, 15) is 0 Å². The molecule has 0 saturated heterocycles. The van der Waals surface area contributed by atoms with Crippen molar-refractivity contribution in [3.05, 3.63) is 87.5 Å². The minimum absolute atomic E-state index is 0.683. The van der Waals surface area contributed by atoms with Gasteiger partial charge >= 0.3 is 0 Å². The fourth-order valence-corrected chi connectivity index (χ4v) is 4.24. The monoisotopic (exact) mass is 428 g/mol. The normalized spacial score (nSPS) is 11.9. The third kappa shape index (κ3) is 4.55. The van der Waals surface area contributed by atoms with Gasteiger partial charge in [0.1, 0.15) is 0 Å². The second-order valence-corrected chi connectivity index (χ2v) is 8.02. The molecular formula is C21H18Cl2N4S. The van der Waals surface area contributed by atoms with Crippen molar-refractivity contribution in [3.63, 3.8) is 0 Å². The molecule has 0 spiro atoms. The van der Waals surface area contributed by atoms with Crippen molar-refractivity contribution < 1.29 is 0 Å². The van der Waals surface area contributed by atoms with E-state index in [-0.39, 0.29) is 0 Å². The first-order chi connectivity index (χ1) is 13.7. The van der Waals surface area contributed by atoms with Crippen LogP contribution in [0, 0.1) is 0 Å². The van der Waals surface area contributed by atoms with Crippen LogP contribution in [-0.2, 0) is 13.1 Å². The molecule has 0 amide bonds. The van der Waals surface area contributed by atoms with Crippen LogP contribution in [0.3, 0.4) is 0 Å². The number of benzene rings is 2. The molecular weight excluding hydrogens is 411 g/mol. The highest BCUT2D eigenvalue weighted by Gasteiger charge is 2.09. The molecule has 0 aliphatic rings. The van der Waals surface area contributed by atoms with Crippen LogP contribution in [0.2, 0.25) is 10.0 Å². The summed E-state index contributed by atoms with van der Waals surface area (Å²) < 4.78 is 4.34. The molecule has 0 fully saturated rings. The zero-order valence-corrected chi connectivity index (χ0v) is 17.3. The molecule has 7 heteroatoms. The second-order valence-electron chi connectivity index (χ2n) is 6.31. The van der Waals surface area contributed by atoms with Crippen LogP contribution in [0.15, 0.2) is 77.6 Å². The van der Waals surface area contributed by atoms with Gasteiger partial charge in [0.15, 0.2) is 4.80 Å². The van der Waals surface area contributed by atoms with Crippen LogP contribution in [0.5, 0.6) is 0 Å². The fraction of sp³-hybridized carbons (Fsp3) is 0.143. The minimum Gasteiger partial charge on any atom is -0.337 e. The Morgan fingerprint density at radius 2 is 1.86 bits per heavy atom. The van der Waals surface area contributed by atoms with Crippen molar-refractivity contribution in [2.45, 2.75) is 19.5 Å². The largest absolute Gasteiger partial charge is 0.337 e. The van der Waals surface area contributed by atoms with Gasteiger partial charge in [-0.15, -0.1) is 11.3 Å². The van der Waals surface area contributed by atoms with Crippen molar-refractivity contribution in [1.29, 1.82) is 0 Å². The van der Waals surface area contributed by atoms with Gasteiger partial charge in [-0.2, -0.15) is 0 Å². The maximum absolute atomic E-state index is 6.12. The molecule has 0 bridgehead atoms. The van der Waals surface area contributed by atoms with Crippen molar-refractivity contribution in [1.82, 2.24) is 14.1 Å². The third-order valence-corrected chi connectivity index (χ3v) is 5.68. The predicted octanol–water partition coefficient (Wildman–Crippen LogP) is 6.04. The van der Waals surface area contributed by atoms with E-state index >= 15 is 0 Å². The van der Waals surface area contributed by atoms with E-state index in [1.54, 1.807) is 17.5 Å². The van der Waals surface area contributed by atoms with E-state index in [1.807, 2.05) is 61.1 Å². The Kier molecular flexibility index (Phi) is 5.95. The van der Waals surface area contributed by atoms with Gasteiger partial charge in [0.05, 0.1) is 17.7 Å². The summed E-state index contributed by atoms with van der Waals surface area (Å²) in [6, 6.07) is 15.5. The van der Waals surface area contributed by atoms with E-state index in [0.29, 0.717) is 5.02 Å². The number of aromatic nitrogens is 3. The topological polar surface area (TPSA) is 35.1 Å². The van der Waals surface area contributed by atoms with Gasteiger partial charge in [-0.1, -0.05) is 41.4 Å². The summed E-state index contributed by atoms with van der Waals surface area (Å²) in [7, 11) is 0. The Bertz CT molecular complexity index is 1110. The van der Waals surface area contributed by atoms with Gasteiger partial charge in [0.2, 0.25) is 0 Å². The van der Waals surface area contributed by atoms with Gasteiger partial charge in [0, 0.05) is 40.9 Å². The lowest BCUT2D eigenvalue weighted by Gasteiger charge is -2.10. The van der Waals surface area contributed by atoms with Gasteiger partial charge in [0.25, 0.3) is 0 Å². The Hall–Kier alpha value is -2.34. The number of thiazole rings is 1. The molecule has 0 aliphatic carbocycles. The van der Waals surface area contributed by atoms with Crippen LogP contribution in [0.25, 0.3) is 11.3 Å². The number of halogens is 2. The van der Waals surface area contributed by atoms with Gasteiger partial charge in [-0.3, -0.25) is 0 Å². The molecule has 4 nitrogen and oxygen atoms in total. The lowest BCUT2D eigenvalue weighted by molar-refractivity contribution is 0.559. The fourth-order valence-electron chi connectivity index (χ4n) is 2.97. The molecule has 0 saturated carbocycles. The molecule has 0 unspecified atom stereocenters. The van der Waals surface area contributed by atoms with E-state index in [2.05, 4.69) is 19.5 Å². The molecule has 2 heterocycles. The van der Waals surface area contributed by atoms with Crippen LogP contribution >= 0.6 is 34.5 Å². The zero-order chi connectivity index (χ0) is 19.3. The smallest absolute Gasteiger partial charge is 0.190 e. The number of imidazole rings is 1. The zero-order valence-electron chi connectivity index (χ0n) is 15.0. The lowest BCUT2D eigenvalue weighted by Crippen LogP contribution is -2.17. The maximum atomic E-state index is 6.12. The molecule has 2 aromatic heterocycles. The Labute approximate surface area is 177 Å². The van der Waals surface area contributed by atoms with Crippen molar-refractivity contribution in [3.8, 4) is 11.3 Å². The summed E-state index contributed by atoms with van der Waals surface area (Å²) in [4.78, 5) is 9.88. The molecule has 4 rings (SSSR count). The van der Waals surface area contributed by atoms with Gasteiger partial charge < -0.3 is 9.13 Å². The van der Waals surface area contributed by atoms with E-state index in [4.69, 9.17) is 28.2 Å². The Balaban J connectivity index is 1.69. The number of hydrogen-bond acceptors (Lipinski definition) is 3.